The summed E-state index contributed by atoms with van der Waals surface area (Å²) in [6.45, 7) is -1.62. The molecule has 4 heteroatoms. The third kappa shape index (κ3) is 4.27. The van der Waals surface area contributed by atoms with Gasteiger partial charge in [-0.05, 0) is 0 Å². The molecule has 0 aliphatic heterocycles. The molecule has 0 saturated carbocycles. The lowest BCUT2D eigenvalue weighted by Crippen LogP contribution is -2.18. The van der Waals surface area contributed by atoms with E-state index in [2.05, 4.69) is 0 Å². The summed E-state index contributed by atoms with van der Waals surface area (Å²) in [4.78, 5) is 0. The minimum atomic E-state index is -3.02. The van der Waals surface area contributed by atoms with Crippen molar-refractivity contribution in [2.45, 2.75) is 18.8 Å². The fourth-order valence-electron chi connectivity index (χ4n) is 0.427. The Kier molecular flexibility index (Phi) is 3.61. The van der Waals surface area contributed by atoms with E-state index in [0.29, 0.717) is 0 Å². The molecular weight excluding hydrogens is 133 g/mol. The second-order valence-electron chi connectivity index (χ2n) is 1.77. The Morgan fingerprint density at radius 2 is 1.78 bits per heavy atom. The highest BCUT2D eigenvalue weighted by atomic mass is 19.3. The molecule has 0 radical (unpaired) electrons. The first kappa shape index (κ1) is 8.75. The number of rotatable bonds is 4. The maximum Gasteiger partial charge on any atom is 0.252 e. The average molecular weight is 142 g/mol. The summed E-state index contributed by atoms with van der Waals surface area (Å²) in [5, 5.41) is 8.03. The standard InChI is InChI=1S/C5H9F3O/c6-3-1-5(7,8)2-4-9/h9H,1-4H2. The molecule has 0 aromatic rings. The molecule has 0 atom stereocenters. The molecule has 0 amide bonds. The zero-order valence-corrected chi connectivity index (χ0v) is 4.91. The van der Waals surface area contributed by atoms with Crippen molar-refractivity contribution in [3.8, 4) is 0 Å². The molecule has 1 nitrogen and oxygen atoms in total. The number of alkyl halides is 3. The zero-order chi connectivity index (χ0) is 7.33. The van der Waals surface area contributed by atoms with Gasteiger partial charge in [-0.25, -0.2) is 8.78 Å². The van der Waals surface area contributed by atoms with Crippen LogP contribution in [0.4, 0.5) is 13.2 Å². The second kappa shape index (κ2) is 3.71. The SMILES string of the molecule is OCCC(F)(F)CCF. The van der Waals surface area contributed by atoms with Gasteiger partial charge in [-0.15, -0.1) is 0 Å². The van der Waals surface area contributed by atoms with Crippen molar-refractivity contribution >= 4 is 0 Å². The van der Waals surface area contributed by atoms with Crippen LogP contribution in [0.5, 0.6) is 0 Å². The molecule has 0 rings (SSSR count). The number of hydrogen-bond donors (Lipinski definition) is 1. The lowest BCUT2D eigenvalue weighted by molar-refractivity contribution is -0.0332. The van der Waals surface area contributed by atoms with Gasteiger partial charge in [0.25, 0.3) is 5.92 Å². The summed E-state index contributed by atoms with van der Waals surface area (Å²) in [6, 6.07) is 0. The molecular formula is C5H9F3O. The Morgan fingerprint density at radius 3 is 2.11 bits per heavy atom. The Labute approximate surface area is 51.5 Å². The van der Waals surface area contributed by atoms with Crippen molar-refractivity contribution < 1.29 is 18.3 Å². The van der Waals surface area contributed by atoms with Crippen molar-refractivity contribution in [1.29, 1.82) is 0 Å². The van der Waals surface area contributed by atoms with E-state index >= 15 is 0 Å². The second-order valence-corrected chi connectivity index (χ2v) is 1.77. The van der Waals surface area contributed by atoms with Gasteiger partial charge in [0.1, 0.15) is 0 Å². The normalized spacial score (nSPS) is 12.0. The number of aliphatic hydroxyl groups is 1. The highest BCUT2D eigenvalue weighted by Gasteiger charge is 2.26. The van der Waals surface area contributed by atoms with Crippen LogP contribution < -0.4 is 0 Å². The Balaban J connectivity index is 3.43. The van der Waals surface area contributed by atoms with Crippen LogP contribution >= 0.6 is 0 Å². The van der Waals surface area contributed by atoms with Crippen LogP contribution in [-0.4, -0.2) is 24.3 Å². The fraction of sp³-hybridized carbons (Fsp3) is 1.00. The first-order chi connectivity index (χ1) is 4.12. The molecule has 0 heterocycles. The first-order valence-electron chi connectivity index (χ1n) is 2.67. The predicted octanol–water partition coefficient (Wildman–Crippen LogP) is 1.36. The molecule has 0 bridgehead atoms. The van der Waals surface area contributed by atoms with Crippen LogP contribution in [-0.2, 0) is 0 Å². The molecule has 0 aromatic heterocycles. The summed E-state index contributed by atoms with van der Waals surface area (Å²) in [7, 11) is 0. The van der Waals surface area contributed by atoms with Gasteiger partial charge in [-0.3, -0.25) is 4.39 Å². The Hall–Kier alpha value is -0.250. The molecule has 0 fully saturated rings. The maximum atomic E-state index is 12.0. The maximum absolute atomic E-state index is 12.0. The van der Waals surface area contributed by atoms with Crippen LogP contribution in [0.2, 0.25) is 0 Å². The molecule has 0 aliphatic carbocycles. The third-order valence-electron chi connectivity index (χ3n) is 0.938. The highest BCUT2D eigenvalue weighted by Crippen LogP contribution is 2.21. The molecule has 0 spiro atoms. The quantitative estimate of drug-likeness (QED) is 0.628. The molecule has 56 valence electrons. The smallest absolute Gasteiger partial charge is 0.252 e. The molecule has 9 heavy (non-hydrogen) atoms. The summed E-state index contributed by atoms with van der Waals surface area (Å²) in [6.07, 6.45) is -1.43. The Bertz CT molecular complexity index is 66.6. The van der Waals surface area contributed by atoms with Gasteiger partial charge >= 0.3 is 0 Å². The largest absolute Gasteiger partial charge is 0.396 e. The molecule has 0 aromatic carbocycles. The van der Waals surface area contributed by atoms with Crippen molar-refractivity contribution in [2.75, 3.05) is 13.3 Å². The van der Waals surface area contributed by atoms with E-state index in [-0.39, 0.29) is 0 Å². The summed E-state index contributed by atoms with van der Waals surface area (Å²) in [5.74, 6) is -3.02. The average Bonchev–Trinajstić information content (AvgIpc) is 1.64. The van der Waals surface area contributed by atoms with Gasteiger partial charge in [-0.2, -0.15) is 0 Å². The van der Waals surface area contributed by atoms with E-state index in [0.717, 1.165) is 0 Å². The molecule has 0 aliphatic rings. The number of hydrogen-bond acceptors (Lipinski definition) is 1. The number of aliphatic hydroxyl groups excluding tert-OH is 1. The Morgan fingerprint density at radius 1 is 1.22 bits per heavy atom. The third-order valence-corrected chi connectivity index (χ3v) is 0.938. The van der Waals surface area contributed by atoms with Crippen LogP contribution in [0.15, 0.2) is 0 Å². The van der Waals surface area contributed by atoms with Crippen molar-refractivity contribution in [2.24, 2.45) is 0 Å². The molecule has 0 unspecified atom stereocenters. The van der Waals surface area contributed by atoms with Crippen LogP contribution in [0, 0.1) is 0 Å². The van der Waals surface area contributed by atoms with Crippen LogP contribution in [0.25, 0.3) is 0 Å². The van der Waals surface area contributed by atoms with E-state index in [4.69, 9.17) is 5.11 Å². The van der Waals surface area contributed by atoms with E-state index in [9.17, 15) is 13.2 Å². The first-order valence-corrected chi connectivity index (χ1v) is 2.67. The van der Waals surface area contributed by atoms with Gasteiger partial charge in [0.2, 0.25) is 0 Å². The number of halogens is 3. The monoisotopic (exact) mass is 142 g/mol. The van der Waals surface area contributed by atoms with Gasteiger partial charge in [0, 0.05) is 19.4 Å². The van der Waals surface area contributed by atoms with Crippen LogP contribution in [0.3, 0.4) is 0 Å². The van der Waals surface area contributed by atoms with Gasteiger partial charge in [-0.1, -0.05) is 0 Å². The summed E-state index contributed by atoms with van der Waals surface area (Å²) < 4.78 is 35.3. The van der Waals surface area contributed by atoms with Gasteiger partial charge < -0.3 is 5.11 Å². The minimum absolute atomic E-state index is 0.590. The summed E-state index contributed by atoms with van der Waals surface area (Å²) in [5.41, 5.74) is 0. The van der Waals surface area contributed by atoms with E-state index in [1.165, 1.54) is 0 Å². The van der Waals surface area contributed by atoms with Crippen molar-refractivity contribution in [3.63, 3.8) is 0 Å². The van der Waals surface area contributed by atoms with Crippen LogP contribution in [0.1, 0.15) is 12.8 Å². The van der Waals surface area contributed by atoms with Crippen molar-refractivity contribution in [1.82, 2.24) is 0 Å². The van der Waals surface area contributed by atoms with Crippen molar-refractivity contribution in [3.05, 3.63) is 0 Å². The lowest BCUT2D eigenvalue weighted by Gasteiger charge is -2.11. The summed E-state index contributed by atoms with van der Waals surface area (Å²) >= 11 is 0. The van der Waals surface area contributed by atoms with Gasteiger partial charge in [0.05, 0.1) is 6.67 Å². The highest BCUT2D eigenvalue weighted by molar-refractivity contribution is 4.63. The molecule has 1 N–H and O–H groups in total. The fourth-order valence-corrected chi connectivity index (χ4v) is 0.427. The molecule has 0 saturated heterocycles. The topological polar surface area (TPSA) is 20.2 Å². The van der Waals surface area contributed by atoms with E-state index in [1.807, 2.05) is 0 Å². The van der Waals surface area contributed by atoms with E-state index < -0.39 is 32.0 Å². The van der Waals surface area contributed by atoms with Gasteiger partial charge in [0.15, 0.2) is 0 Å². The predicted molar refractivity (Wildman–Crippen MR) is 27.2 cm³/mol. The zero-order valence-electron chi connectivity index (χ0n) is 4.91. The minimum Gasteiger partial charge on any atom is -0.396 e. The van der Waals surface area contributed by atoms with E-state index in [1.54, 1.807) is 0 Å². The lowest BCUT2D eigenvalue weighted by atomic mass is 10.2.